The molecule has 2 aromatic heterocycles. The van der Waals surface area contributed by atoms with Crippen LogP contribution in [-0.2, 0) is 18.5 Å². The number of anilines is 2. The van der Waals surface area contributed by atoms with E-state index in [4.69, 9.17) is 0 Å². The predicted molar refractivity (Wildman–Crippen MR) is 126 cm³/mol. The molecule has 4 aromatic rings. The van der Waals surface area contributed by atoms with E-state index in [1.54, 1.807) is 6.20 Å². The third-order valence-corrected chi connectivity index (χ3v) is 5.99. The Morgan fingerprint density at radius 2 is 1.87 bits per heavy atom. The minimum Gasteiger partial charge on any atom is -0.380 e. The van der Waals surface area contributed by atoms with E-state index >= 15 is 0 Å². The topological polar surface area (TPSA) is 61.0 Å². The number of fused-ring (bicyclic) bond motifs is 2. The molecule has 31 heavy (non-hydrogen) atoms. The molecule has 0 spiro atoms. The molecule has 0 unspecified atom stereocenters. The summed E-state index contributed by atoms with van der Waals surface area (Å²) >= 11 is 0. The molecule has 1 amide bonds. The van der Waals surface area contributed by atoms with Crippen molar-refractivity contribution in [3.05, 3.63) is 89.2 Å². The van der Waals surface area contributed by atoms with Gasteiger partial charge in [0.05, 0.1) is 12.1 Å². The van der Waals surface area contributed by atoms with Crippen LogP contribution in [0.25, 0.3) is 11.0 Å². The van der Waals surface area contributed by atoms with Crippen molar-refractivity contribution in [1.82, 2.24) is 9.97 Å². The second kappa shape index (κ2) is 7.27. The number of benzene rings is 2. The lowest BCUT2D eigenvalue weighted by molar-refractivity contribution is 0.0997. The van der Waals surface area contributed by atoms with Crippen molar-refractivity contribution < 1.29 is 4.79 Å². The molecule has 3 heterocycles. The lowest BCUT2D eigenvalue weighted by Crippen LogP contribution is -2.23. The van der Waals surface area contributed by atoms with Crippen LogP contribution in [0.3, 0.4) is 0 Å². The van der Waals surface area contributed by atoms with Gasteiger partial charge in [0.1, 0.15) is 5.65 Å². The van der Waals surface area contributed by atoms with E-state index in [9.17, 15) is 4.79 Å². The van der Waals surface area contributed by atoms with Crippen LogP contribution >= 0.6 is 0 Å². The van der Waals surface area contributed by atoms with Crippen molar-refractivity contribution in [3.63, 3.8) is 0 Å². The second-order valence-electron chi connectivity index (χ2n) is 9.09. The Morgan fingerprint density at radius 3 is 2.65 bits per heavy atom. The van der Waals surface area contributed by atoms with Gasteiger partial charge in [-0.05, 0) is 52.4 Å². The summed E-state index contributed by atoms with van der Waals surface area (Å²) in [4.78, 5) is 22.8. The fraction of sp³-hybridized carbons (Fsp3) is 0.231. The van der Waals surface area contributed by atoms with E-state index < -0.39 is 0 Å². The molecular weight excluding hydrogens is 384 g/mol. The van der Waals surface area contributed by atoms with Gasteiger partial charge in [-0.3, -0.25) is 4.79 Å². The predicted octanol–water partition coefficient (Wildman–Crippen LogP) is 5.63. The van der Waals surface area contributed by atoms with Gasteiger partial charge >= 0.3 is 0 Å². The number of pyridine rings is 1. The number of rotatable bonds is 4. The Morgan fingerprint density at radius 1 is 1.06 bits per heavy atom. The first-order chi connectivity index (χ1) is 14.9. The van der Waals surface area contributed by atoms with Crippen LogP contribution in [0.5, 0.6) is 0 Å². The molecule has 0 radical (unpaired) electrons. The highest BCUT2D eigenvalue weighted by Gasteiger charge is 2.31. The molecule has 1 aliphatic heterocycles. The lowest BCUT2D eigenvalue weighted by Gasteiger charge is -2.21. The molecule has 0 aliphatic carbocycles. The highest BCUT2D eigenvalue weighted by atomic mass is 16.2. The van der Waals surface area contributed by atoms with Crippen LogP contribution in [0.1, 0.15) is 47.8 Å². The maximum absolute atomic E-state index is 13.3. The van der Waals surface area contributed by atoms with Gasteiger partial charge in [0, 0.05) is 35.7 Å². The average Bonchev–Trinajstić information content (AvgIpc) is 3.33. The molecule has 2 aromatic carbocycles. The van der Waals surface area contributed by atoms with Crippen molar-refractivity contribution >= 4 is 28.3 Å². The van der Waals surface area contributed by atoms with Crippen molar-refractivity contribution in [2.75, 3.05) is 10.2 Å². The van der Waals surface area contributed by atoms with Crippen LogP contribution in [0.15, 0.2) is 67.0 Å². The number of H-pyrrole nitrogens is 1. The monoisotopic (exact) mass is 410 g/mol. The third kappa shape index (κ3) is 3.46. The van der Waals surface area contributed by atoms with Gasteiger partial charge in [0.15, 0.2) is 0 Å². The van der Waals surface area contributed by atoms with Crippen LogP contribution in [0, 0.1) is 0 Å². The highest BCUT2D eigenvalue weighted by Crippen LogP contribution is 2.34. The summed E-state index contributed by atoms with van der Waals surface area (Å²) in [6.07, 6.45) is 3.75. The molecule has 0 bridgehead atoms. The van der Waals surface area contributed by atoms with Gasteiger partial charge in [0.25, 0.3) is 5.91 Å². The Kier molecular flexibility index (Phi) is 4.54. The van der Waals surface area contributed by atoms with Gasteiger partial charge < -0.3 is 15.2 Å². The summed E-state index contributed by atoms with van der Waals surface area (Å²) in [5.41, 5.74) is 6.97. The quantitative estimate of drug-likeness (QED) is 0.458. The maximum Gasteiger partial charge on any atom is 0.261 e. The SMILES string of the molecule is CC(C)(C)c1ccc(N2Cc3cccc(NCc4c[nH]c5ncccc45)c3C2=O)cc1. The standard InChI is InChI=1S/C26H26N4O/c1-26(2,3)19-9-11-20(12-10-19)30-16-17-6-4-8-22(23(17)25(30)31)28-14-18-15-29-24-21(18)7-5-13-27-24/h4-13,15,28H,14,16H2,1-3H3,(H,27,29). The molecule has 5 rings (SSSR count). The van der Waals surface area contributed by atoms with Crippen molar-refractivity contribution in [1.29, 1.82) is 0 Å². The molecule has 2 N–H and O–H groups in total. The van der Waals surface area contributed by atoms with E-state index in [1.807, 2.05) is 35.4 Å². The summed E-state index contributed by atoms with van der Waals surface area (Å²) in [7, 11) is 0. The fourth-order valence-corrected chi connectivity index (χ4v) is 4.21. The molecule has 5 heteroatoms. The minimum absolute atomic E-state index is 0.0437. The maximum atomic E-state index is 13.3. The number of aromatic amines is 1. The van der Waals surface area contributed by atoms with E-state index in [-0.39, 0.29) is 11.3 Å². The molecule has 5 nitrogen and oxygen atoms in total. The van der Waals surface area contributed by atoms with Crippen LogP contribution in [-0.4, -0.2) is 15.9 Å². The van der Waals surface area contributed by atoms with Gasteiger partial charge in [-0.15, -0.1) is 0 Å². The summed E-state index contributed by atoms with van der Waals surface area (Å²) in [6.45, 7) is 7.80. The third-order valence-electron chi connectivity index (χ3n) is 5.99. The zero-order chi connectivity index (χ0) is 21.6. The number of aromatic nitrogens is 2. The van der Waals surface area contributed by atoms with E-state index in [2.05, 4.69) is 66.4 Å². The minimum atomic E-state index is 0.0437. The van der Waals surface area contributed by atoms with Crippen molar-refractivity contribution in [2.24, 2.45) is 0 Å². The molecule has 0 saturated heterocycles. The summed E-state index contributed by atoms with van der Waals surface area (Å²) in [6, 6.07) is 18.4. The van der Waals surface area contributed by atoms with Crippen LogP contribution in [0.4, 0.5) is 11.4 Å². The Balaban J connectivity index is 1.39. The first-order valence-electron chi connectivity index (χ1n) is 10.6. The fourth-order valence-electron chi connectivity index (χ4n) is 4.21. The number of hydrogen-bond donors (Lipinski definition) is 2. The number of carbonyl (C=O) groups is 1. The molecule has 0 atom stereocenters. The summed E-state index contributed by atoms with van der Waals surface area (Å²) in [5.74, 6) is 0.0437. The average molecular weight is 411 g/mol. The van der Waals surface area contributed by atoms with E-state index in [0.717, 1.165) is 39.1 Å². The first-order valence-corrected chi connectivity index (χ1v) is 10.6. The van der Waals surface area contributed by atoms with Gasteiger partial charge in [-0.1, -0.05) is 45.0 Å². The summed E-state index contributed by atoms with van der Waals surface area (Å²) < 4.78 is 0. The molecule has 156 valence electrons. The normalized spacial score (nSPS) is 13.6. The number of hydrogen-bond acceptors (Lipinski definition) is 3. The number of nitrogens with zero attached hydrogens (tertiary/aromatic N) is 2. The van der Waals surface area contributed by atoms with Crippen LogP contribution in [0.2, 0.25) is 0 Å². The first kappa shape index (κ1) is 19.4. The zero-order valence-corrected chi connectivity index (χ0v) is 18.1. The second-order valence-corrected chi connectivity index (χ2v) is 9.09. The van der Waals surface area contributed by atoms with Crippen LogP contribution < -0.4 is 10.2 Å². The molecule has 0 fully saturated rings. The zero-order valence-electron chi connectivity index (χ0n) is 18.1. The smallest absolute Gasteiger partial charge is 0.261 e. The number of amides is 1. The Labute approximate surface area is 182 Å². The van der Waals surface area contributed by atoms with Crippen molar-refractivity contribution in [3.8, 4) is 0 Å². The largest absolute Gasteiger partial charge is 0.380 e. The molecule has 1 aliphatic rings. The molecule has 0 saturated carbocycles. The summed E-state index contributed by atoms with van der Waals surface area (Å²) in [5, 5.41) is 4.57. The lowest BCUT2D eigenvalue weighted by atomic mass is 9.87. The van der Waals surface area contributed by atoms with Gasteiger partial charge in [-0.2, -0.15) is 0 Å². The van der Waals surface area contributed by atoms with Gasteiger partial charge in [-0.25, -0.2) is 4.98 Å². The number of carbonyl (C=O) groups excluding carboxylic acids is 1. The Bertz CT molecular complexity index is 1260. The highest BCUT2D eigenvalue weighted by molar-refractivity contribution is 6.13. The van der Waals surface area contributed by atoms with E-state index in [1.165, 1.54) is 5.56 Å². The van der Waals surface area contributed by atoms with Crippen molar-refractivity contribution in [2.45, 2.75) is 39.3 Å². The van der Waals surface area contributed by atoms with E-state index in [0.29, 0.717) is 13.1 Å². The Hall–Kier alpha value is -3.60. The molecular formula is C26H26N4O. The van der Waals surface area contributed by atoms with Gasteiger partial charge in [0.2, 0.25) is 0 Å². The number of nitrogens with one attached hydrogen (secondary N) is 2.